The van der Waals surface area contributed by atoms with Gasteiger partial charge in [-0.15, -0.1) is 0 Å². The normalized spacial score (nSPS) is 24.7. The van der Waals surface area contributed by atoms with Crippen LogP contribution in [-0.4, -0.2) is 56.9 Å². The monoisotopic (exact) mass is 383 g/mol. The minimum absolute atomic E-state index is 0.00543. The Kier molecular flexibility index (Phi) is 6.88. The number of guanidine groups is 1. The van der Waals surface area contributed by atoms with Crippen LogP contribution in [-0.2, 0) is 15.3 Å². The van der Waals surface area contributed by atoms with Gasteiger partial charge in [0.2, 0.25) is 5.72 Å². The van der Waals surface area contributed by atoms with Gasteiger partial charge in [0, 0.05) is 31.6 Å². The third-order valence-electron chi connectivity index (χ3n) is 4.45. The highest BCUT2D eigenvalue weighted by Gasteiger charge is 2.52. The first-order chi connectivity index (χ1) is 12.8. The molecule has 1 aromatic rings. The fourth-order valence-electron chi connectivity index (χ4n) is 3.10. The Morgan fingerprint density at radius 3 is 2.70 bits per heavy atom. The SMILES string of the molecule is NC(N)=NCCCCCC(=O)[C@]1(n2ccc(=O)[nH]c2=O)C[C@H](O)[C@@H](CO)O1. The molecule has 150 valence electrons. The predicted molar refractivity (Wildman–Crippen MR) is 96.0 cm³/mol. The molecule has 7 N–H and O–H groups in total. The van der Waals surface area contributed by atoms with Crippen molar-refractivity contribution in [2.45, 2.75) is 50.0 Å². The zero-order chi connectivity index (χ0) is 20.0. The molecule has 0 amide bonds. The number of hydrogen-bond acceptors (Lipinski definition) is 7. The molecule has 1 aliphatic rings. The summed E-state index contributed by atoms with van der Waals surface area (Å²) >= 11 is 0. The minimum atomic E-state index is -1.77. The lowest BCUT2D eigenvalue weighted by molar-refractivity contribution is -0.162. The zero-order valence-electron chi connectivity index (χ0n) is 14.8. The van der Waals surface area contributed by atoms with Crippen molar-refractivity contribution in [2.75, 3.05) is 13.2 Å². The van der Waals surface area contributed by atoms with Crippen LogP contribution in [0.1, 0.15) is 32.1 Å². The molecule has 0 aliphatic carbocycles. The van der Waals surface area contributed by atoms with Crippen LogP contribution in [0.3, 0.4) is 0 Å². The summed E-state index contributed by atoms with van der Waals surface area (Å²) in [6.45, 7) is -0.0599. The van der Waals surface area contributed by atoms with Gasteiger partial charge in [-0.2, -0.15) is 0 Å². The smallest absolute Gasteiger partial charge is 0.331 e. The van der Waals surface area contributed by atoms with E-state index in [2.05, 4.69) is 9.98 Å². The van der Waals surface area contributed by atoms with Gasteiger partial charge in [0.15, 0.2) is 11.7 Å². The molecule has 1 saturated heterocycles. The molecule has 11 nitrogen and oxygen atoms in total. The van der Waals surface area contributed by atoms with Crippen molar-refractivity contribution < 1.29 is 19.7 Å². The molecule has 0 bridgehead atoms. The highest BCUT2D eigenvalue weighted by Crippen LogP contribution is 2.36. The Morgan fingerprint density at radius 2 is 2.11 bits per heavy atom. The molecule has 0 unspecified atom stereocenters. The van der Waals surface area contributed by atoms with Gasteiger partial charge in [0.1, 0.15) is 6.10 Å². The number of carbonyl (C=O) groups is 1. The van der Waals surface area contributed by atoms with E-state index in [-0.39, 0.29) is 18.8 Å². The van der Waals surface area contributed by atoms with Crippen molar-refractivity contribution >= 4 is 11.7 Å². The maximum absolute atomic E-state index is 12.9. The van der Waals surface area contributed by atoms with E-state index in [4.69, 9.17) is 16.2 Å². The summed E-state index contributed by atoms with van der Waals surface area (Å²) in [5.41, 5.74) is 7.27. The summed E-state index contributed by atoms with van der Waals surface area (Å²) in [5.74, 6) is -0.417. The predicted octanol–water partition coefficient (Wildman–Crippen LogP) is -2.27. The van der Waals surface area contributed by atoms with E-state index >= 15 is 0 Å². The topological polar surface area (TPSA) is 186 Å². The second-order valence-electron chi connectivity index (χ2n) is 6.42. The zero-order valence-corrected chi connectivity index (χ0v) is 14.8. The van der Waals surface area contributed by atoms with Gasteiger partial charge in [0.25, 0.3) is 5.56 Å². The lowest BCUT2D eigenvalue weighted by atomic mass is 9.97. The molecule has 2 rings (SSSR count). The number of Topliss-reactive ketones (excluding diaryl/α,β-unsaturated/α-hetero) is 1. The van der Waals surface area contributed by atoms with E-state index in [0.717, 1.165) is 16.8 Å². The van der Waals surface area contributed by atoms with Gasteiger partial charge in [-0.05, 0) is 12.8 Å². The number of nitrogens with two attached hydrogens (primary N) is 2. The van der Waals surface area contributed by atoms with Gasteiger partial charge in [-0.3, -0.25) is 24.1 Å². The quantitative estimate of drug-likeness (QED) is 0.179. The number of rotatable bonds is 9. The minimum Gasteiger partial charge on any atom is -0.394 e. The Balaban J connectivity index is 2.16. The average molecular weight is 383 g/mol. The largest absolute Gasteiger partial charge is 0.394 e. The summed E-state index contributed by atoms with van der Waals surface area (Å²) < 4.78 is 6.59. The molecule has 1 aromatic heterocycles. The molecule has 0 spiro atoms. The Labute approximate surface area is 154 Å². The summed E-state index contributed by atoms with van der Waals surface area (Å²) in [4.78, 5) is 42.4. The van der Waals surface area contributed by atoms with Gasteiger partial charge in [-0.1, -0.05) is 6.42 Å². The van der Waals surface area contributed by atoms with E-state index < -0.39 is 41.6 Å². The molecule has 11 heteroatoms. The third-order valence-corrected chi connectivity index (χ3v) is 4.45. The van der Waals surface area contributed by atoms with Gasteiger partial charge in [-0.25, -0.2) is 4.79 Å². The molecule has 2 heterocycles. The average Bonchev–Trinajstić information content (AvgIpc) is 2.95. The van der Waals surface area contributed by atoms with E-state index in [1.165, 1.54) is 0 Å². The van der Waals surface area contributed by atoms with Crippen molar-refractivity contribution in [1.82, 2.24) is 9.55 Å². The lowest BCUT2D eigenvalue weighted by Gasteiger charge is -2.29. The van der Waals surface area contributed by atoms with Crippen molar-refractivity contribution in [1.29, 1.82) is 0 Å². The number of aromatic amines is 1. The second-order valence-corrected chi connectivity index (χ2v) is 6.42. The van der Waals surface area contributed by atoms with Crippen molar-refractivity contribution in [3.8, 4) is 0 Å². The number of H-pyrrole nitrogens is 1. The molecular formula is C16H25N5O6. The molecule has 0 saturated carbocycles. The number of hydrogen-bond donors (Lipinski definition) is 5. The fraction of sp³-hybridized carbons (Fsp3) is 0.625. The van der Waals surface area contributed by atoms with Crippen LogP contribution in [0.25, 0.3) is 0 Å². The molecule has 1 aliphatic heterocycles. The van der Waals surface area contributed by atoms with Crippen LogP contribution < -0.4 is 22.7 Å². The van der Waals surface area contributed by atoms with Crippen LogP contribution in [0, 0.1) is 0 Å². The molecular weight excluding hydrogens is 358 g/mol. The Morgan fingerprint density at radius 1 is 1.37 bits per heavy atom. The Bertz CT molecular complexity index is 799. The highest BCUT2D eigenvalue weighted by molar-refractivity contribution is 5.85. The first-order valence-electron chi connectivity index (χ1n) is 8.68. The molecule has 0 aromatic carbocycles. The highest BCUT2D eigenvalue weighted by atomic mass is 16.6. The standard InChI is InChI=1S/C16H25N5O6/c17-14(18)19-6-3-1-2-4-12(24)16(8-10(23)11(9-22)27-16)21-7-5-13(25)20-15(21)26/h5,7,10-11,22-23H,1-4,6,8-9H2,(H4,17,18,19)(H,20,25,26)/t10-,11+,16-/m0/s1. The van der Waals surface area contributed by atoms with E-state index in [0.29, 0.717) is 25.8 Å². The van der Waals surface area contributed by atoms with Gasteiger partial charge < -0.3 is 26.4 Å². The number of nitrogens with zero attached hydrogens (tertiary/aromatic N) is 2. The molecule has 1 fully saturated rings. The second kappa shape index (κ2) is 8.93. The number of ether oxygens (including phenoxy) is 1. The Hall–Kier alpha value is -2.50. The molecule has 0 radical (unpaired) electrons. The number of nitrogens with one attached hydrogen (secondary N) is 1. The number of ketones is 1. The van der Waals surface area contributed by atoms with Crippen molar-refractivity contribution in [2.24, 2.45) is 16.5 Å². The third kappa shape index (κ3) is 4.81. The molecule has 27 heavy (non-hydrogen) atoms. The van der Waals surface area contributed by atoms with Crippen LogP contribution in [0.2, 0.25) is 0 Å². The van der Waals surface area contributed by atoms with E-state index in [1.807, 2.05) is 0 Å². The number of aromatic nitrogens is 2. The summed E-state index contributed by atoms with van der Waals surface area (Å²) in [5, 5.41) is 19.5. The first-order valence-corrected chi connectivity index (χ1v) is 8.68. The summed E-state index contributed by atoms with van der Waals surface area (Å²) in [7, 11) is 0. The van der Waals surface area contributed by atoms with Crippen molar-refractivity contribution in [3.63, 3.8) is 0 Å². The summed E-state index contributed by atoms with van der Waals surface area (Å²) in [6, 6.07) is 1.09. The number of aliphatic hydroxyl groups is 2. The number of carbonyl (C=O) groups excluding carboxylic acids is 1. The molecule has 3 atom stereocenters. The number of unbranched alkanes of at least 4 members (excludes halogenated alkanes) is 2. The van der Waals surface area contributed by atoms with Crippen LogP contribution in [0.4, 0.5) is 0 Å². The van der Waals surface area contributed by atoms with E-state index in [9.17, 15) is 24.6 Å². The van der Waals surface area contributed by atoms with Gasteiger partial charge in [0.05, 0.1) is 12.7 Å². The van der Waals surface area contributed by atoms with Crippen molar-refractivity contribution in [3.05, 3.63) is 33.1 Å². The van der Waals surface area contributed by atoms with E-state index in [1.54, 1.807) is 0 Å². The number of aliphatic hydroxyl groups excluding tert-OH is 2. The summed E-state index contributed by atoms with van der Waals surface area (Å²) in [6.07, 6.45) is 0.765. The fourth-order valence-corrected chi connectivity index (χ4v) is 3.10. The first kappa shape index (κ1) is 20.8. The lowest BCUT2D eigenvalue weighted by Crippen LogP contribution is -2.49. The van der Waals surface area contributed by atoms with Crippen LogP contribution in [0.5, 0.6) is 0 Å². The van der Waals surface area contributed by atoms with Crippen LogP contribution in [0.15, 0.2) is 26.8 Å². The maximum Gasteiger partial charge on any atom is 0.331 e. The van der Waals surface area contributed by atoms with Crippen LogP contribution >= 0.6 is 0 Å². The number of aliphatic imine (C=N–C) groups is 1. The van der Waals surface area contributed by atoms with Gasteiger partial charge >= 0.3 is 5.69 Å². The maximum atomic E-state index is 12.9.